The quantitative estimate of drug-likeness (QED) is 0.789. The molecule has 6 nitrogen and oxygen atoms in total. The fraction of sp³-hybridized carbons (Fsp3) is 0.312. The molecule has 3 amide bonds. The summed E-state index contributed by atoms with van der Waals surface area (Å²) in [4.78, 5) is 38.1. The summed E-state index contributed by atoms with van der Waals surface area (Å²) in [5, 5.41) is 0. The van der Waals surface area contributed by atoms with Gasteiger partial charge in [-0.15, -0.1) is 0 Å². The van der Waals surface area contributed by atoms with Gasteiger partial charge in [0, 0.05) is 19.2 Å². The van der Waals surface area contributed by atoms with E-state index in [1.807, 2.05) is 30.3 Å². The van der Waals surface area contributed by atoms with Crippen molar-refractivity contribution in [2.45, 2.75) is 12.5 Å². The first-order chi connectivity index (χ1) is 10.6. The summed E-state index contributed by atoms with van der Waals surface area (Å²) in [5.74, 6) is -0.449. The first-order valence-electron chi connectivity index (χ1n) is 7.16. The molecule has 1 aromatic rings. The molecule has 0 N–H and O–H groups in total. The number of hydrogen-bond acceptors (Lipinski definition) is 4. The average molecular weight is 300 g/mol. The molecule has 2 heterocycles. The zero-order chi connectivity index (χ0) is 15.5. The van der Waals surface area contributed by atoms with Crippen molar-refractivity contribution >= 4 is 24.0 Å². The van der Waals surface area contributed by atoms with Crippen molar-refractivity contribution in [2.24, 2.45) is 0 Å². The van der Waals surface area contributed by atoms with Gasteiger partial charge >= 0.3 is 6.09 Å². The average Bonchev–Trinajstić information content (AvgIpc) is 3.13. The number of carbonyl (C=O) groups is 3. The second kappa shape index (κ2) is 6.01. The summed E-state index contributed by atoms with van der Waals surface area (Å²) in [6, 6.07) is 9.26. The van der Waals surface area contributed by atoms with Crippen molar-refractivity contribution in [3.05, 3.63) is 42.0 Å². The number of hydrogen-bond donors (Lipinski definition) is 0. The molecular weight excluding hydrogens is 284 g/mol. The minimum absolute atomic E-state index is 0.119. The van der Waals surface area contributed by atoms with E-state index in [0.717, 1.165) is 10.5 Å². The highest BCUT2D eigenvalue weighted by atomic mass is 16.6. The van der Waals surface area contributed by atoms with Crippen LogP contribution in [0.4, 0.5) is 4.79 Å². The summed E-state index contributed by atoms with van der Waals surface area (Å²) in [7, 11) is 0. The number of rotatable bonds is 3. The molecule has 0 bridgehead atoms. The molecule has 0 saturated carbocycles. The second-order valence-electron chi connectivity index (χ2n) is 5.29. The maximum atomic E-state index is 12.2. The number of cyclic esters (lactones) is 1. The molecule has 0 spiro atoms. The summed E-state index contributed by atoms with van der Waals surface area (Å²) >= 11 is 0. The molecule has 0 radical (unpaired) electrons. The Hall–Kier alpha value is -2.63. The Morgan fingerprint density at radius 3 is 2.68 bits per heavy atom. The van der Waals surface area contributed by atoms with Crippen LogP contribution in [0.1, 0.15) is 12.0 Å². The predicted molar refractivity (Wildman–Crippen MR) is 78.7 cm³/mol. The summed E-state index contributed by atoms with van der Waals surface area (Å²) in [6.07, 6.45) is 3.25. The Kier molecular flexibility index (Phi) is 3.91. The van der Waals surface area contributed by atoms with Crippen LogP contribution in [-0.2, 0) is 14.3 Å². The van der Waals surface area contributed by atoms with E-state index in [-0.39, 0.29) is 24.5 Å². The molecule has 1 unspecified atom stereocenters. The maximum Gasteiger partial charge on any atom is 0.417 e. The van der Waals surface area contributed by atoms with Gasteiger partial charge in [-0.3, -0.25) is 9.59 Å². The monoisotopic (exact) mass is 300 g/mol. The Balaban J connectivity index is 1.60. The first-order valence-corrected chi connectivity index (χ1v) is 7.16. The normalized spacial score (nSPS) is 21.7. The van der Waals surface area contributed by atoms with Gasteiger partial charge in [-0.1, -0.05) is 30.3 Å². The number of benzene rings is 1. The largest absolute Gasteiger partial charge is 0.439 e. The number of nitrogens with zero attached hydrogens (tertiary/aromatic N) is 2. The van der Waals surface area contributed by atoms with Gasteiger partial charge in [-0.2, -0.15) is 0 Å². The number of imide groups is 1. The van der Waals surface area contributed by atoms with Crippen LogP contribution in [0.2, 0.25) is 0 Å². The van der Waals surface area contributed by atoms with E-state index in [0.29, 0.717) is 19.5 Å². The fourth-order valence-electron chi connectivity index (χ4n) is 2.71. The highest BCUT2D eigenvalue weighted by molar-refractivity contribution is 5.98. The van der Waals surface area contributed by atoms with Crippen LogP contribution in [0.5, 0.6) is 0 Å². The zero-order valence-corrected chi connectivity index (χ0v) is 12.0. The summed E-state index contributed by atoms with van der Waals surface area (Å²) in [5.41, 5.74) is 0.949. The molecule has 1 atom stereocenters. The van der Waals surface area contributed by atoms with E-state index in [9.17, 15) is 14.4 Å². The van der Waals surface area contributed by atoms with Gasteiger partial charge in [0.15, 0.2) is 6.61 Å². The van der Waals surface area contributed by atoms with E-state index in [1.165, 1.54) is 6.08 Å². The third-order valence-electron chi connectivity index (χ3n) is 3.84. The van der Waals surface area contributed by atoms with Crippen LogP contribution in [0, 0.1) is 0 Å². The molecule has 0 aromatic heterocycles. The van der Waals surface area contributed by atoms with Gasteiger partial charge < -0.3 is 9.64 Å². The summed E-state index contributed by atoms with van der Waals surface area (Å²) in [6.45, 7) is 0.690. The first kappa shape index (κ1) is 14.3. The maximum absolute atomic E-state index is 12.2. The van der Waals surface area contributed by atoms with Crippen LogP contribution in [0.3, 0.4) is 0 Å². The third kappa shape index (κ3) is 2.86. The molecule has 3 rings (SSSR count). The van der Waals surface area contributed by atoms with Crippen LogP contribution >= 0.6 is 0 Å². The van der Waals surface area contributed by atoms with E-state index >= 15 is 0 Å². The van der Waals surface area contributed by atoms with Crippen LogP contribution < -0.4 is 0 Å². The van der Waals surface area contributed by atoms with Crippen molar-refractivity contribution in [3.8, 4) is 0 Å². The molecule has 114 valence electrons. The van der Waals surface area contributed by atoms with E-state index in [2.05, 4.69) is 0 Å². The van der Waals surface area contributed by atoms with Crippen LogP contribution in [-0.4, -0.2) is 53.4 Å². The van der Waals surface area contributed by atoms with E-state index in [4.69, 9.17) is 4.74 Å². The fourth-order valence-corrected chi connectivity index (χ4v) is 2.71. The lowest BCUT2D eigenvalue weighted by Crippen LogP contribution is -2.41. The van der Waals surface area contributed by atoms with Crippen LogP contribution in [0.25, 0.3) is 6.08 Å². The molecule has 2 aliphatic heterocycles. The highest BCUT2D eigenvalue weighted by Gasteiger charge is 2.40. The van der Waals surface area contributed by atoms with Gasteiger partial charge in [0.25, 0.3) is 5.91 Å². The van der Waals surface area contributed by atoms with Gasteiger partial charge in [-0.25, -0.2) is 9.69 Å². The van der Waals surface area contributed by atoms with E-state index < -0.39 is 6.09 Å². The predicted octanol–water partition coefficient (Wildman–Crippen LogP) is 1.28. The Labute approximate surface area is 127 Å². The van der Waals surface area contributed by atoms with Gasteiger partial charge in [-0.05, 0) is 18.1 Å². The number of amides is 3. The third-order valence-corrected chi connectivity index (χ3v) is 3.84. The molecular formula is C16H16N2O4. The number of ether oxygens (including phenoxy) is 1. The van der Waals surface area contributed by atoms with Crippen LogP contribution in [0.15, 0.2) is 36.4 Å². The topological polar surface area (TPSA) is 66.9 Å². The lowest BCUT2D eigenvalue weighted by Gasteiger charge is -2.19. The van der Waals surface area contributed by atoms with E-state index in [1.54, 1.807) is 11.0 Å². The lowest BCUT2D eigenvalue weighted by molar-refractivity contribution is -0.128. The molecule has 22 heavy (non-hydrogen) atoms. The Bertz CT molecular complexity index is 610. The highest BCUT2D eigenvalue weighted by Crippen LogP contribution is 2.20. The number of carbonyl (C=O) groups excluding carboxylic acids is 3. The van der Waals surface area contributed by atoms with Crippen molar-refractivity contribution in [1.82, 2.24) is 9.80 Å². The van der Waals surface area contributed by atoms with Gasteiger partial charge in [0.1, 0.15) is 0 Å². The summed E-state index contributed by atoms with van der Waals surface area (Å²) < 4.78 is 4.71. The molecule has 2 fully saturated rings. The molecule has 6 heteroatoms. The molecule has 1 aromatic carbocycles. The van der Waals surface area contributed by atoms with Crippen molar-refractivity contribution < 1.29 is 19.1 Å². The smallest absolute Gasteiger partial charge is 0.417 e. The standard InChI is InChI=1S/C16H16N2O4/c19-14(7-6-12-4-2-1-3-5-12)17-9-8-13(10-17)18-15(20)11-22-16(18)21/h1-7,13H,8-11H2/b7-6+. The second-order valence-corrected chi connectivity index (χ2v) is 5.29. The van der Waals surface area contributed by atoms with Gasteiger partial charge in [0.05, 0.1) is 6.04 Å². The molecule has 0 aliphatic carbocycles. The SMILES string of the molecule is O=C(/C=C/c1ccccc1)N1CCC(N2C(=O)COC2=O)C1. The minimum atomic E-state index is -0.607. The molecule has 2 saturated heterocycles. The molecule has 2 aliphatic rings. The van der Waals surface area contributed by atoms with Crippen molar-refractivity contribution in [1.29, 1.82) is 0 Å². The Morgan fingerprint density at radius 2 is 2.00 bits per heavy atom. The number of likely N-dealkylation sites (tertiary alicyclic amines) is 1. The zero-order valence-electron chi connectivity index (χ0n) is 12.0. The van der Waals surface area contributed by atoms with Gasteiger partial charge in [0.2, 0.25) is 5.91 Å². The minimum Gasteiger partial charge on any atom is -0.439 e. The Morgan fingerprint density at radius 1 is 1.23 bits per heavy atom. The van der Waals surface area contributed by atoms with Crippen molar-refractivity contribution in [3.63, 3.8) is 0 Å². The lowest BCUT2D eigenvalue weighted by atomic mass is 10.2. The van der Waals surface area contributed by atoms with Crippen molar-refractivity contribution in [2.75, 3.05) is 19.7 Å².